The highest BCUT2D eigenvalue weighted by molar-refractivity contribution is 6.09. The molecule has 0 bridgehead atoms. The number of carbonyl (C=O) groups is 3. The second kappa shape index (κ2) is 9.96. The number of carbonyl (C=O) groups excluding carboxylic acids is 3. The molecule has 0 fully saturated rings. The Morgan fingerprint density at radius 2 is 1.93 bits per heavy atom. The third-order valence-electron chi connectivity index (χ3n) is 6.99. The number of hydrogen-bond donors (Lipinski definition) is 1. The fraction of sp³-hybridized carbons (Fsp3) is 0.259. The Hall–Kier alpha value is -4.99. The molecule has 2 aliphatic rings. The highest BCUT2D eigenvalue weighted by atomic mass is 19.4. The van der Waals surface area contributed by atoms with Crippen molar-refractivity contribution in [3.63, 3.8) is 0 Å². The van der Waals surface area contributed by atoms with E-state index in [2.05, 4.69) is 15.5 Å². The molecule has 0 saturated carbocycles. The molecule has 1 atom stereocenters. The topological polar surface area (TPSA) is 124 Å². The van der Waals surface area contributed by atoms with E-state index in [-0.39, 0.29) is 53.3 Å². The molecule has 1 N–H and O–H groups in total. The number of benzene rings is 2. The van der Waals surface area contributed by atoms with Gasteiger partial charge in [0, 0.05) is 37.3 Å². The largest absolute Gasteiger partial charge is 0.416 e. The van der Waals surface area contributed by atoms with E-state index in [9.17, 15) is 32.8 Å². The molecular formula is C27H22F3N7O3. The summed E-state index contributed by atoms with van der Waals surface area (Å²) in [5.41, 5.74) is 0.118. The van der Waals surface area contributed by atoms with Gasteiger partial charge < -0.3 is 14.8 Å². The summed E-state index contributed by atoms with van der Waals surface area (Å²) in [6.07, 6.45) is -2.95. The molecule has 1 unspecified atom stereocenters. The first kappa shape index (κ1) is 26.6. The number of hydrogen-bond acceptors (Lipinski definition) is 6. The van der Waals surface area contributed by atoms with Crippen LogP contribution < -0.4 is 10.2 Å². The maximum absolute atomic E-state index is 13.7. The first-order valence-electron chi connectivity index (χ1n) is 12.2. The highest BCUT2D eigenvalue weighted by Crippen LogP contribution is 2.45. The number of allylic oxidation sites excluding steroid dienone is 1. The van der Waals surface area contributed by atoms with Crippen molar-refractivity contribution in [1.82, 2.24) is 25.0 Å². The highest BCUT2D eigenvalue weighted by Gasteiger charge is 2.45. The number of alkyl halides is 3. The predicted molar refractivity (Wildman–Crippen MR) is 134 cm³/mol. The van der Waals surface area contributed by atoms with Crippen LogP contribution in [0.3, 0.4) is 0 Å². The zero-order chi connectivity index (χ0) is 28.8. The lowest BCUT2D eigenvalue weighted by Crippen LogP contribution is -2.48. The maximum Gasteiger partial charge on any atom is 0.416 e. The number of anilines is 1. The second-order valence-electron chi connectivity index (χ2n) is 9.42. The average Bonchev–Trinajstić information content (AvgIpc) is 3.52. The first-order valence-corrected chi connectivity index (χ1v) is 12.2. The van der Waals surface area contributed by atoms with E-state index in [0.717, 1.165) is 17.0 Å². The number of Topliss-reactive ketones (excluding diaryl/α,β-unsaturated/α-hetero) is 1. The Bertz CT molecular complexity index is 1620. The monoisotopic (exact) mass is 549 g/mol. The van der Waals surface area contributed by atoms with Crippen molar-refractivity contribution >= 4 is 23.4 Å². The van der Waals surface area contributed by atoms with Gasteiger partial charge in [-0.15, -0.1) is 10.2 Å². The fourth-order valence-electron chi connectivity index (χ4n) is 5.02. The Kier molecular flexibility index (Phi) is 6.62. The van der Waals surface area contributed by atoms with Gasteiger partial charge in [0.15, 0.2) is 11.6 Å². The third kappa shape index (κ3) is 4.57. The number of aromatic nitrogens is 3. The van der Waals surface area contributed by atoms with E-state index in [0.29, 0.717) is 11.4 Å². The van der Waals surface area contributed by atoms with E-state index in [4.69, 9.17) is 0 Å². The van der Waals surface area contributed by atoms with Crippen LogP contribution in [0.4, 0.5) is 23.7 Å². The van der Waals surface area contributed by atoms with Gasteiger partial charge in [-0.25, -0.2) is 4.79 Å². The molecule has 1 aromatic heterocycles. The molecule has 13 heteroatoms. The van der Waals surface area contributed by atoms with Crippen LogP contribution in [0.15, 0.2) is 60.1 Å². The summed E-state index contributed by atoms with van der Waals surface area (Å²) in [6.45, 7) is 0.0290. The lowest BCUT2D eigenvalue weighted by molar-refractivity contribution is -0.137. The molecule has 3 aromatic rings. The van der Waals surface area contributed by atoms with Crippen LogP contribution in [0, 0.1) is 11.3 Å². The lowest BCUT2D eigenvalue weighted by Gasteiger charge is -2.41. The molecule has 0 radical (unpaired) electrons. The number of nitrogens with one attached hydrogen (secondary N) is 1. The minimum atomic E-state index is -4.62. The number of amides is 3. The molecule has 5 rings (SSSR count). The summed E-state index contributed by atoms with van der Waals surface area (Å²) in [7, 11) is 3.13. The number of rotatable bonds is 5. The molecule has 10 nitrogen and oxygen atoms in total. The predicted octanol–water partition coefficient (Wildman–Crippen LogP) is 3.87. The van der Waals surface area contributed by atoms with Gasteiger partial charge >= 0.3 is 12.2 Å². The molecule has 40 heavy (non-hydrogen) atoms. The number of ketones is 1. The van der Waals surface area contributed by atoms with E-state index >= 15 is 0 Å². The van der Waals surface area contributed by atoms with Crippen molar-refractivity contribution in [3.05, 3.63) is 88.1 Å². The molecule has 0 saturated heterocycles. The van der Waals surface area contributed by atoms with E-state index in [1.807, 2.05) is 6.07 Å². The van der Waals surface area contributed by atoms with Crippen molar-refractivity contribution < 1.29 is 27.6 Å². The summed E-state index contributed by atoms with van der Waals surface area (Å²) >= 11 is 0. The summed E-state index contributed by atoms with van der Waals surface area (Å²) in [4.78, 5) is 42.6. The van der Waals surface area contributed by atoms with Crippen molar-refractivity contribution in [2.45, 2.75) is 31.6 Å². The zero-order valence-corrected chi connectivity index (χ0v) is 21.4. The van der Waals surface area contributed by atoms with E-state index in [1.54, 1.807) is 11.6 Å². The molecule has 1 aliphatic heterocycles. The minimum Gasteiger partial charge on any atom is -0.345 e. The Morgan fingerprint density at radius 3 is 2.60 bits per heavy atom. The Balaban J connectivity index is 1.60. The maximum atomic E-state index is 13.7. The quantitative estimate of drug-likeness (QED) is 0.516. The molecule has 3 amide bonds. The van der Waals surface area contributed by atoms with Crippen LogP contribution in [-0.2, 0) is 24.6 Å². The number of urea groups is 1. The Morgan fingerprint density at radius 1 is 1.15 bits per heavy atom. The van der Waals surface area contributed by atoms with Crippen LogP contribution in [0.25, 0.3) is 0 Å². The van der Waals surface area contributed by atoms with Crippen LogP contribution in [-0.4, -0.2) is 44.4 Å². The smallest absolute Gasteiger partial charge is 0.345 e. The third-order valence-corrected chi connectivity index (χ3v) is 6.99. The van der Waals surface area contributed by atoms with E-state index in [1.165, 1.54) is 48.6 Å². The fourth-order valence-corrected chi connectivity index (χ4v) is 5.02. The van der Waals surface area contributed by atoms with Crippen molar-refractivity contribution in [1.29, 1.82) is 5.26 Å². The molecule has 2 heterocycles. The number of aryl methyl sites for hydroxylation is 1. The normalized spacial score (nSPS) is 17.2. The van der Waals surface area contributed by atoms with Crippen molar-refractivity contribution in [2.24, 2.45) is 7.05 Å². The molecule has 1 aliphatic carbocycles. The van der Waals surface area contributed by atoms with Crippen LogP contribution in [0.5, 0.6) is 0 Å². The number of nitrogens with zero attached hydrogens (tertiary/aromatic N) is 6. The minimum absolute atomic E-state index is 0.0196. The molecule has 2 aromatic carbocycles. The Labute approximate surface area is 226 Å². The number of likely N-dealkylation sites (N-methyl/N-ethyl adjacent to an activating group) is 1. The molecule has 0 spiro atoms. The van der Waals surface area contributed by atoms with Crippen LogP contribution in [0.2, 0.25) is 0 Å². The number of nitriles is 1. The lowest BCUT2D eigenvalue weighted by atomic mass is 9.89. The van der Waals surface area contributed by atoms with Gasteiger partial charge in [0.1, 0.15) is 6.33 Å². The number of halogens is 3. The van der Waals surface area contributed by atoms with Gasteiger partial charge in [-0.3, -0.25) is 14.5 Å². The van der Waals surface area contributed by atoms with Gasteiger partial charge in [0.2, 0.25) is 0 Å². The van der Waals surface area contributed by atoms with Crippen LogP contribution in [0.1, 0.15) is 51.8 Å². The molecular weight excluding hydrogens is 527 g/mol. The average molecular weight is 550 g/mol. The van der Waals surface area contributed by atoms with Gasteiger partial charge in [0.25, 0.3) is 5.91 Å². The standard InChI is InChI=1S/C27H22F3N7O3/c1-35-14-33-34-22(35)13-32-25(39)19-10-15(12-31)6-7-18(19)24-23-20(8-9-21(23)38)37(26(40)36(24)2)17-5-3-4-16(11-17)27(28,29)30/h3-7,10-11,14,24H,8-9,13H2,1-2H3,(H,32,39). The summed E-state index contributed by atoms with van der Waals surface area (Å²) in [5, 5.41) is 19.9. The van der Waals surface area contributed by atoms with Crippen molar-refractivity contribution in [2.75, 3.05) is 11.9 Å². The zero-order valence-electron chi connectivity index (χ0n) is 21.4. The van der Waals surface area contributed by atoms with Gasteiger partial charge in [-0.2, -0.15) is 18.4 Å². The SMILES string of the molecule is CN1C(=O)N(c2cccc(C(F)(F)F)c2)C2=C(C(=O)CC2)C1c1ccc(C#N)cc1C(=O)NCc1nncn1C. The van der Waals surface area contributed by atoms with Crippen molar-refractivity contribution in [3.8, 4) is 6.07 Å². The van der Waals surface area contributed by atoms with Gasteiger partial charge in [-0.1, -0.05) is 12.1 Å². The van der Waals surface area contributed by atoms with E-state index < -0.39 is 29.7 Å². The summed E-state index contributed by atoms with van der Waals surface area (Å²) in [5.74, 6) is -0.376. The second-order valence-corrected chi connectivity index (χ2v) is 9.42. The van der Waals surface area contributed by atoms with Gasteiger partial charge in [-0.05, 0) is 42.3 Å². The first-order chi connectivity index (χ1) is 19.0. The summed E-state index contributed by atoms with van der Waals surface area (Å²) < 4.78 is 41.9. The molecule has 204 valence electrons. The van der Waals surface area contributed by atoms with Gasteiger partial charge in [0.05, 0.1) is 35.5 Å². The van der Waals surface area contributed by atoms with Crippen LogP contribution >= 0.6 is 0 Å². The summed E-state index contributed by atoms with van der Waals surface area (Å²) in [6, 6.07) is 9.05.